The van der Waals surface area contributed by atoms with Crippen LogP contribution < -0.4 is 14.8 Å². The van der Waals surface area contributed by atoms with Gasteiger partial charge in [0.1, 0.15) is 17.1 Å². The SMILES string of the molecule is O=C(CCc1ccccc1OC1CCCC1)N[C@H]1CC2(CCC2)Oc2ccc(Cl)cc21. The molecule has 164 valence electrons. The van der Waals surface area contributed by atoms with Crippen LogP contribution >= 0.6 is 11.6 Å². The van der Waals surface area contributed by atoms with Crippen LogP contribution in [0.2, 0.25) is 5.02 Å². The molecule has 5 heteroatoms. The molecule has 1 amide bonds. The summed E-state index contributed by atoms with van der Waals surface area (Å²) >= 11 is 6.24. The van der Waals surface area contributed by atoms with Gasteiger partial charge in [0.05, 0.1) is 12.1 Å². The second-order valence-electron chi connectivity index (χ2n) is 9.28. The van der Waals surface area contributed by atoms with Gasteiger partial charge in [0, 0.05) is 23.4 Å². The Balaban J connectivity index is 1.24. The van der Waals surface area contributed by atoms with Crippen LogP contribution in [0.4, 0.5) is 0 Å². The van der Waals surface area contributed by atoms with E-state index in [0.717, 1.165) is 54.7 Å². The van der Waals surface area contributed by atoms with E-state index in [1.165, 1.54) is 19.3 Å². The Morgan fingerprint density at radius 3 is 2.71 bits per heavy atom. The van der Waals surface area contributed by atoms with Crippen molar-refractivity contribution in [1.29, 1.82) is 0 Å². The van der Waals surface area contributed by atoms with Crippen molar-refractivity contribution in [2.24, 2.45) is 0 Å². The summed E-state index contributed by atoms with van der Waals surface area (Å²) < 4.78 is 12.5. The van der Waals surface area contributed by atoms with Crippen molar-refractivity contribution in [3.8, 4) is 11.5 Å². The van der Waals surface area contributed by atoms with Crippen molar-refractivity contribution in [3.63, 3.8) is 0 Å². The summed E-state index contributed by atoms with van der Waals surface area (Å²) in [6, 6.07) is 13.8. The van der Waals surface area contributed by atoms with E-state index < -0.39 is 0 Å². The highest BCUT2D eigenvalue weighted by atomic mass is 35.5. The minimum atomic E-state index is -0.125. The van der Waals surface area contributed by atoms with Gasteiger partial charge in [-0.25, -0.2) is 0 Å². The molecule has 2 fully saturated rings. The largest absolute Gasteiger partial charge is 0.490 e. The number of carbonyl (C=O) groups is 1. The Hall–Kier alpha value is -2.20. The molecule has 1 atom stereocenters. The van der Waals surface area contributed by atoms with E-state index in [-0.39, 0.29) is 17.6 Å². The molecule has 0 saturated heterocycles. The fourth-order valence-electron chi connectivity index (χ4n) is 5.17. The standard InChI is InChI=1S/C26H30ClNO3/c27-19-11-12-24-21(16-19)22(17-26(31-24)14-5-15-26)28-25(29)13-10-18-6-1-4-9-23(18)30-20-7-2-3-8-20/h1,4,6,9,11-12,16,20,22H,2-3,5,7-8,10,13-15,17H2,(H,28,29)/t22-/m0/s1. The van der Waals surface area contributed by atoms with E-state index in [0.29, 0.717) is 24.0 Å². The molecule has 0 unspecified atom stereocenters. The molecule has 2 aromatic carbocycles. The van der Waals surface area contributed by atoms with Gasteiger partial charge in [0.2, 0.25) is 5.91 Å². The van der Waals surface area contributed by atoms with Crippen molar-refractivity contribution >= 4 is 17.5 Å². The minimum Gasteiger partial charge on any atom is -0.490 e. The number of aryl methyl sites for hydroxylation is 1. The Labute approximate surface area is 189 Å². The molecular formula is C26H30ClNO3. The summed E-state index contributed by atoms with van der Waals surface area (Å²) in [4.78, 5) is 12.9. The zero-order valence-corrected chi connectivity index (χ0v) is 18.6. The number of amides is 1. The van der Waals surface area contributed by atoms with E-state index in [9.17, 15) is 4.79 Å². The lowest BCUT2D eigenvalue weighted by Crippen LogP contribution is -2.49. The van der Waals surface area contributed by atoms with E-state index in [1.54, 1.807) is 0 Å². The van der Waals surface area contributed by atoms with Gasteiger partial charge in [-0.2, -0.15) is 0 Å². The monoisotopic (exact) mass is 439 g/mol. The lowest BCUT2D eigenvalue weighted by atomic mass is 9.73. The van der Waals surface area contributed by atoms with Gasteiger partial charge in [-0.3, -0.25) is 4.79 Å². The number of rotatable bonds is 6. The molecule has 2 aliphatic carbocycles. The molecule has 2 aromatic rings. The maximum atomic E-state index is 12.9. The van der Waals surface area contributed by atoms with Crippen LogP contribution in [-0.2, 0) is 11.2 Å². The van der Waals surface area contributed by atoms with Gasteiger partial charge in [0.25, 0.3) is 0 Å². The number of ether oxygens (including phenoxy) is 2. The number of halogens is 1. The summed E-state index contributed by atoms with van der Waals surface area (Å²) in [5, 5.41) is 3.94. The Morgan fingerprint density at radius 2 is 1.94 bits per heavy atom. The molecule has 0 bridgehead atoms. The van der Waals surface area contributed by atoms with Crippen LogP contribution in [0.15, 0.2) is 42.5 Å². The van der Waals surface area contributed by atoms with E-state index in [1.807, 2.05) is 36.4 Å². The Bertz CT molecular complexity index is 949. The Morgan fingerprint density at radius 1 is 1.13 bits per heavy atom. The van der Waals surface area contributed by atoms with Gasteiger partial charge in [-0.15, -0.1) is 0 Å². The topological polar surface area (TPSA) is 47.6 Å². The zero-order chi connectivity index (χ0) is 21.3. The maximum absolute atomic E-state index is 12.9. The molecule has 1 spiro atoms. The quantitative estimate of drug-likeness (QED) is 0.586. The predicted molar refractivity (Wildman–Crippen MR) is 122 cm³/mol. The second-order valence-corrected chi connectivity index (χ2v) is 9.71. The summed E-state index contributed by atoms with van der Waals surface area (Å²) in [6.07, 6.45) is 10.3. The molecule has 1 N–H and O–H groups in total. The molecule has 0 radical (unpaired) electrons. The third kappa shape index (κ3) is 4.55. The average molecular weight is 440 g/mol. The first-order chi connectivity index (χ1) is 15.1. The molecule has 3 aliphatic rings. The van der Waals surface area contributed by atoms with Gasteiger partial charge in [-0.1, -0.05) is 29.8 Å². The third-order valence-corrected chi connectivity index (χ3v) is 7.27. The number of nitrogens with one attached hydrogen (secondary N) is 1. The van der Waals surface area contributed by atoms with E-state index >= 15 is 0 Å². The summed E-state index contributed by atoms with van der Waals surface area (Å²) in [7, 11) is 0. The van der Waals surface area contributed by atoms with Gasteiger partial charge >= 0.3 is 0 Å². The number of para-hydroxylation sites is 1. The highest BCUT2D eigenvalue weighted by Gasteiger charge is 2.45. The smallest absolute Gasteiger partial charge is 0.220 e. The molecule has 2 saturated carbocycles. The van der Waals surface area contributed by atoms with Crippen LogP contribution in [0.5, 0.6) is 11.5 Å². The second kappa shape index (κ2) is 8.74. The van der Waals surface area contributed by atoms with E-state index in [4.69, 9.17) is 21.1 Å². The summed E-state index contributed by atoms with van der Waals surface area (Å²) in [5.41, 5.74) is 1.97. The van der Waals surface area contributed by atoms with E-state index in [2.05, 4.69) is 11.4 Å². The van der Waals surface area contributed by atoms with Crippen molar-refractivity contribution in [2.75, 3.05) is 0 Å². The lowest BCUT2D eigenvalue weighted by molar-refractivity contribution is -0.123. The number of carbonyl (C=O) groups excluding carboxylic acids is 1. The molecule has 5 rings (SSSR count). The minimum absolute atomic E-state index is 0.0553. The van der Waals surface area contributed by atoms with Crippen LogP contribution in [0.1, 0.15) is 75.0 Å². The van der Waals surface area contributed by atoms with Gasteiger partial charge in [0.15, 0.2) is 0 Å². The van der Waals surface area contributed by atoms with Crippen LogP contribution in [0.25, 0.3) is 0 Å². The van der Waals surface area contributed by atoms with Gasteiger partial charge < -0.3 is 14.8 Å². The normalized spacial score (nSPS) is 21.8. The van der Waals surface area contributed by atoms with Crippen molar-refractivity contribution in [3.05, 3.63) is 58.6 Å². The van der Waals surface area contributed by atoms with Crippen LogP contribution in [0, 0.1) is 0 Å². The highest BCUT2D eigenvalue weighted by molar-refractivity contribution is 6.30. The summed E-state index contributed by atoms with van der Waals surface area (Å²) in [5.74, 6) is 1.85. The predicted octanol–water partition coefficient (Wildman–Crippen LogP) is 6.16. The molecule has 1 aliphatic heterocycles. The first-order valence-corrected chi connectivity index (χ1v) is 12.0. The number of benzene rings is 2. The molecule has 31 heavy (non-hydrogen) atoms. The van der Waals surface area contributed by atoms with Crippen molar-refractivity contribution in [2.45, 2.75) is 82.0 Å². The lowest BCUT2D eigenvalue weighted by Gasteiger charge is -2.48. The molecule has 1 heterocycles. The van der Waals surface area contributed by atoms with Crippen molar-refractivity contribution in [1.82, 2.24) is 5.32 Å². The fourth-order valence-corrected chi connectivity index (χ4v) is 5.35. The Kier molecular flexibility index (Phi) is 5.83. The molecule has 0 aromatic heterocycles. The number of hydrogen-bond acceptors (Lipinski definition) is 3. The summed E-state index contributed by atoms with van der Waals surface area (Å²) in [6.45, 7) is 0. The molecule has 4 nitrogen and oxygen atoms in total. The van der Waals surface area contributed by atoms with Gasteiger partial charge in [-0.05, 0) is 81.2 Å². The molecular weight excluding hydrogens is 410 g/mol. The highest BCUT2D eigenvalue weighted by Crippen LogP contribution is 2.49. The zero-order valence-electron chi connectivity index (χ0n) is 17.9. The number of hydrogen-bond donors (Lipinski definition) is 1. The fraction of sp³-hybridized carbons (Fsp3) is 0.500. The maximum Gasteiger partial charge on any atom is 0.220 e. The third-order valence-electron chi connectivity index (χ3n) is 7.04. The van der Waals surface area contributed by atoms with Crippen LogP contribution in [0.3, 0.4) is 0 Å². The van der Waals surface area contributed by atoms with Crippen LogP contribution in [-0.4, -0.2) is 17.6 Å². The number of fused-ring (bicyclic) bond motifs is 1. The average Bonchev–Trinajstić information content (AvgIpc) is 3.25. The van der Waals surface area contributed by atoms with Crippen molar-refractivity contribution < 1.29 is 14.3 Å². The first kappa shape index (κ1) is 20.7. The first-order valence-electron chi connectivity index (χ1n) is 11.6.